The monoisotopic (exact) mass is 392 g/mol. The van der Waals surface area contributed by atoms with Gasteiger partial charge in [-0.3, -0.25) is 0 Å². The standard InChI is InChI=1S/C15H12BrCl3O/c1-8-3-4-11(16)9(5-8)15(19)10-6-13(18)14(20-2)7-12(10)17/h3-7,15H,1-2H3. The lowest BCUT2D eigenvalue weighted by Crippen LogP contribution is -1.98. The first-order valence-electron chi connectivity index (χ1n) is 5.87. The average Bonchev–Trinajstić information content (AvgIpc) is 2.42. The number of hydrogen-bond donors (Lipinski definition) is 0. The van der Waals surface area contributed by atoms with Crippen molar-refractivity contribution < 1.29 is 4.74 Å². The Kier molecular flexibility index (Phi) is 5.25. The highest BCUT2D eigenvalue weighted by atomic mass is 79.9. The summed E-state index contributed by atoms with van der Waals surface area (Å²) in [5, 5.41) is 0.626. The van der Waals surface area contributed by atoms with Crippen molar-refractivity contribution in [2.24, 2.45) is 0 Å². The van der Waals surface area contributed by atoms with Crippen LogP contribution in [0.3, 0.4) is 0 Å². The summed E-state index contributed by atoms with van der Waals surface area (Å²) in [6.07, 6.45) is 0. The summed E-state index contributed by atoms with van der Waals surface area (Å²) in [5.41, 5.74) is 2.84. The Morgan fingerprint density at radius 3 is 2.40 bits per heavy atom. The topological polar surface area (TPSA) is 9.23 Å². The molecule has 2 aromatic rings. The first kappa shape index (κ1) is 16.0. The van der Waals surface area contributed by atoms with Crippen LogP contribution in [0.25, 0.3) is 0 Å². The van der Waals surface area contributed by atoms with Crippen LogP contribution in [-0.4, -0.2) is 7.11 Å². The van der Waals surface area contributed by atoms with Crippen LogP contribution < -0.4 is 4.74 Å². The molecule has 20 heavy (non-hydrogen) atoms. The predicted molar refractivity (Wildman–Crippen MR) is 89.6 cm³/mol. The minimum absolute atomic E-state index is 0.389. The van der Waals surface area contributed by atoms with Crippen molar-refractivity contribution in [2.75, 3.05) is 7.11 Å². The van der Waals surface area contributed by atoms with Gasteiger partial charge in [-0.05, 0) is 30.2 Å². The lowest BCUT2D eigenvalue weighted by molar-refractivity contribution is 0.415. The van der Waals surface area contributed by atoms with Gasteiger partial charge in [-0.2, -0.15) is 0 Å². The summed E-state index contributed by atoms with van der Waals surface area (Å²) in [6, 6.07) is 9.43. The lowest BCUT2D eigenvalue weighted by atomic mass is 10.0. The highest BCUT2D eigenvalue weighted by Crippen LogP contribution is 2.41. The van der Waals surface area contributed by atoms with Crippen LogP contribution in [0.1, 0.15) is 22.1 Å². The van der Waals surface area contributed by atoms with Gasteiger partial charge in [-0.25, -0.2) is 0 Å². The van der Waals surface area contributed by atoms with E-state index in [-0.39, 0.29) is 5.38 Å². The van der Waals surface area contributed by atoms with Crippen molar-refractivity contribution in [3.8, 4) is 5.75 Å². The van der Waals surface area contributed by atoms with Crippen molar-refractivity contribution in [3.05, 3.63) is 61.5 Å². The number of halogens is 4. The molecule has 0 saturated heterocycles. The Bertz CT molecular complexity index is 643. The Morgan fingerprint density at radius 1 is 1.05 bits per heavy atom. The van der Waals surface area contributed by atoms with E-state index in [2.05, 4.69) is 15.9 Å². The van der Waals surface area contributed by atoms with Crippen LogP contribution in [0.4, 0.5) is 0 Å². The molecule has 5 heteroatoms. The minimum Gasteiger partial charge on any atom is -0.495 e. The Morgan fingerprint density at radius 2 is 1.75 bits per heavy atom. The van der Waals surface area contributed by atoms with Crippen molar-refractivity contribution in [3.63, 3.8) is 0 Å². The molecule has 0 fully saturated rings. The van der Waals surface area contributed by atoms with Gasteiger partial charge in [0.25, 0.3) is 0 Å². The van der Waals surface area contributed by atoms with Gasteiger partial charge in [0.15, 0.2) is 0 Å². The van der Waals surface area contributed by atoms with E-state index < -0.39 is 0 Å². The van der Waals surface area contributed by atoms with Crippen molar-refractivity contribution in [1.29, 1.82) is 0 Å². The molecule has 0 aromatic heterocycles. The van der Waals surface area contributed by atoms with Gasteiger partial charge in [0, 0.05) is 15.6 Å². The molecule has 2 aromatic carbocycles. The zero-order chi connectivity index (χ0) is 14.9. The number of methoxy groups -OCH3 is 1. The number of alkyl halides is 1. The maximum Gasteiger partial charge on any atom is 0.138 e. The highest BCUT2D eigenvalue weighted by Gasteiger charge is 2.19. The van der Waals surface area contributed by atoms with E-state index in [9.17, 15) is 0 Å². The molecule has 0 spiro atoms. The van der Waals surface area contributed by atoms with Gasteiger partial charge in [-0.1, -0.05) is 56.8 Å². The van der Waals surface area contributed by atoms with E-state index in [1.165, 1.54) is 0 Å². The van der Waals surface area contributed by atoms with Crippen LogP contribution in [-0.2, 0) is 0 Å². The van der Waals surface area contributed by atoms with Gasteiger partial charge in [0.2, 0.25) is 0 Å². The largest absolute Gasteiger partial charge is 0.495 e. The molecule has 0 N–H and O–H groups in total. The fraction of sp³-hybridized carbons (Fsp3) is 0.200. The van der Waals surface area contributed by atoms with E-state index in [0.29, 0.717) is 15.8 Å². The molecule has 0 amide bonds. The number of ether oxygens (including phenoxy) is 1. The van der Waals surface area contributed by atoms with Crippen molar-refractivity contribution in [1.82, 2.24) is 0 Å². The minimum atomic E-state index is -0.389. The molecular formula is C15H12BrCl3O. The molecular weight excluding hydrogens is 382 g/mol. The molecule has 1 nitrogen and oxygen atoms in total. The second kappa shape index (κ2) is 6.57. The van der Waals surface area contributed by atoms with Gasteiger partial charge in [-0.15, -0.1) is 11.6 Å². The van der Waals surface area contributed by atoms with Crippen LogP contribution in [0, 0.1) is 6.92 Å². The SMILES string of the molecule is COc1cc(Cl)c(C(Cl)c2cc(C)ccc2Br)cc1Cl. The summed E-state index contributed by atoms with van der Waals surface area (Å²) in [6.45, 7) is 2.02. The molecule has 2 rings (SSSR count). The van der Waals surface area contributed by atoms with E-state index in [1.807, 2.05) is 25.1 Å². The maximum atomic E-state index is 6.57. The Balaban J connectivity index is 2.50. The first-order valence-corrected chi connectivity index (χ1v) is 7.85. The van der Waals surface area contributed by atoms with Crippen LogP contribution in [0.15, 0.2) is 34.8 Å². The summed E-state index contributed by atoms with van der Waals surface area (Å²) >= 11 is 22.5. The fourth-order valence-corrected chi connectivity index (χ4v) is 3.46. The van der Waals surface area contributed by atoms with Gasteiger partial charge < -0.3 is 4.74 Å². The molecule has 0 saturated carbocycles. The van der Waals surface area contributed by atoms with Crippen molar-refractivity contribution >= 4 is 50.7 Å². The molecule has 0 bridgehead atoms. The summed E-state index contributed by atoms with van der Waals surface area (Å²) in [4.78, 5) is 0. The van der Waals surface area contributed by atoms with Crippen molar-refractivity contribution in [2.45, 2.75) is 12.3 Å². The number of rotatable bonds is 3. The molecule has 0 aliphatic rings. The van der Waals surface area contributed by atoms with Crippen LogP contribution >= 0.6 is 50.7 Å². The maximum absolute atomic E-state index is 6.57. The quantitative estimate of drug-likeness (QED) is 0.547. The summed E-state index contributed by atoms with van der Waals surface area (Å²) < 4.78 is 6.08. The molecule has 0 radical (unpaired) electrons. The zero-order valence-electron chi connectivity index (χ0n) is 10.9. The van der Waals surface area contributed by atoms with E-state index in [0.717, 1.165) is 21.2 Å². The average molecular weight is 395 g/mol. The predicted octanol–water partition coefficient (Wildman–Crippen LogP) is 6.40. The van der Waals surface area contributed by atoms with E-state index in [4.69, 9.17) is 39.5 Å². The number of aryl methyl sites for hydroxylation is 1. The molecule has 0 heterocycles. The second-order valence-corrected chi connectivity index (χ2v) is 6.50. The zero-order valence-corrected chi connectivity index (χ0v) is 14.7. The third kappa shape index (κ3) is 3.25. The van der Waals surface area contributed by atoms with Crippen LogP contribution in [0.5, 0.6) is 5.75 Å². The van der Waals surface area contributed by atoms with Gasteiger partial charge >= 0.3 is 0 Å². The summed E-state index contributed by atoms with van der Waals surface area (Å²) in [7, 11) is 1.55. The molecule has 0 aliphatic heterocycles. The van der Waals surface area contributed by atoms with Gasteiger partial charge in [0.05, 0.1) is 17.5 Å². The smallest absolute Gasteiger partial charge is 0.138 e. The molecule has 0 aliphatic carbocycles. The molecule has 1 atom stereocenters. The normalized spacial score (nSPS) is 12.3. The molecule has 106 valence electrons. The fourth-order valence-electron chi connectivity index (χ4n) is 1.92. The summed E-state index contributed by atoms with van der Waals surface area (Å²) in [5.74, 6) is 0.535. The Labute approximate surface area is 141 Å². The van der Waals surface area contributed by atoms with E-state index >= 15 is 0 Å². The number of hydrogen-bond acceptors (Lipinski definition) is 1. The van der Waals surface area contributed by atoms with Gasteiger partial charge in [0.1, 0.15) is 5.75 Å². The third-order valence-electron chi connectivity index (χ3n) is 2.97. The second-order valence-electron chi connectivity index (χ2n) is 4.40. The molecule has 1 unspecified atom stereocenters. The lowest BCUT2D eigenvalue weighted by Gasteiger charge is -2.16. The highest BCUT2D eigenvalue weighted by molar-refractivity contribution is 9.10. The number of benzene rings is 2. The van der Waals surface area contributed by atoms with E-state index in [1.54, 1.807) is 19.2 Å². The van der Waals surface area contributed by atoms with Crippen LogP contribution in [0.2, 0.25) is 10.0 Å². The first-order chi connectivity index (χ1) is 9.43. The third-order valence-corrected chi connectivity index (χ3v) is 4.78. The Hall–Kier alpha value is -0.410.